The molecule has 29 heavy (non-hydrogen) atoms. The number of benzene rings is 3. The summed E-state index contributed by atoms with van der Waals surface area (Å²) in [4.78, 5) is 5.26. The third kappa shape index (κ3) is 5.71. The van der Waals surface area contributed by atoms with Crippen LogP contribution in [0.15, 0.2) is 65.8 Å². The quantitative estimate of drug-likeness (QED) is 0.335. The van der Waals surface area contributed by atoms with Crippen LogP contribution in [-0.2, 0) is 18.1 Å². The standard InChI is InChI=1S/C22H15Cl2FN2O2/c23-20-9-16(12-27-29-14-18-6-2-1-5-17(18)11-26)10-21(24)22(20)28-13-15-4-3-7-19(25)8-15/h1-10,12H,13-14H2/b27-12-. The maximum absolute atomic E-state index is 13.3. The second-order valence-corrected chi connectivity index (χ2v) is 6.82. The number of rotatable bonds is 7. The molecule has 4 nitrogen and oxygen atoms in total. The predicted molar refractivity (Wildman–Crippen MR) is 111 cm³/mol. The first-order valence-electron chi connectivity index (χ1n) is 8.56. The van der Waals surface area contributed by atoms with Crippen LogP contribution in [0.3, 0.4) is 0 Å². The third-order valence-electron chi connectivity index (χ3n) is 3.93. The van der Waals surface area contributed by atoms with E-state index in [1.807, 2.05) is 6.07 Å². The normalized spacial score (nSPS) is 10.7. The maximum Gasteiger partial charge on any atom is 0.157 e. The summed E-state index contributed by atoms with van der Waals surface area (Å²) in [6.45, 7) is 0.294. The molecule has 0 atom stereocenters. The number of nitrogens with zero attached hydrogens (tertiary/aromatic N) is 2. The summed E-state index contributed by atoms with van der Waals surface area (Å²) >= 11 is 12.5. The van der Waals surface area contributed by atoms with Gasteiger partial charge in [0.2, 0.25) is 0 Å². The van der Waals surface area contributed by atoms with Crippen molar-refractivity contribution in [3.05, 3.63) is 98.8 Å². The lowest BCUT2D eigenvalue weighted by Gasteiger charge is -2.11. The third-order valence-corrected chi connectivity index (χ3v) is 4.49. The largest absolute Gasteiger partial charge is 0.486 e. The number of nitriles is 1. The lowest BCUT2D eigenvalue weighted by molar-refractivity contribution is 0.132. The van der Waals surface area contributed by atoms with E-state index in [1.54, 1.807) is 42.5 Å². The Bertz CT molecular complexity index is 1060. The van der Waals surface area contributed by atoms with Crippen LogP contribution in [0.4, 0.5) is 4.39 Å². The average molecular weight is 429 g/mol. The van der Waals surface area contributed by atoms with Crippen LogP contribution >= 0.6 is 23.2 Å². The van der Waals surface area contributed by atoms with Gasteiger partial charge in [0.05, 0.1) is 27.9 Å². The molecule has 0 N–H and O–H groups in total. The van der Waals surface area contributed by atoms with Gasteiger partial charge < -0.3 is 9.57 Å². The molecule has 0 radical (unpaired) electrons. The Kier molecular flexibility index (Phi) is 7.07. The second kappa shape index (κ2) is 9.92. The Labute approximate surface area is 177 Å². The van der Waals surface area contributed by atoms with Crippen molar-refractivity contribution < 1.29 is 14.0 Å². The number of oxime groups is 1. The van der Waals surface area contributed by atoms with E-state index in [1.165, 1.54) is 18.3 Å². The van der Waals surface area contributed by atoms with E-state index in [0.29, 0.717) is 32.5 Å². The first-order chi connectivity index (χ1) is 14.1. The van der Waals surface area contributed by atoms with Crippen LogP contribution in [0.25, 0.3) is 0 Å². The molecule has 0 aliphatic heterocycles. The van der Waals surface area contributed by atoms with Gasteiger partial charge in [0.25, 0.3) is 0 Å². The summed E-state index contributed by atoms with van der Waals surface area (Å²) in [5.41, 5.74) is 2.55. The highest BCUT2D eigenvalue weighted by Gasteiger charge is 2.10. The van der Waals surface area contributed by atoms with Gasteiger partial charge in [-0.25, -0.2) is 4.39 Å². The van der Waals surface area contributed by atoms with Gasteiger partial charge in [-0.1, -0.05) is 58.7 Å². The molecule has 0 aromatic heterocycles. The van der Waals surface area contributed by atoms with Crippen molar-refractivity contribution in [1.29, 1.82) is 5.26 Å². The fraction of sp³-hybridized carbons (Fsp3) is 0.0909. The van der Waals surface area contributed by atoms with Crippen molar-refractivity contribution in [3.63, 3.8) is 0 Å². The van der Waals surface area contributed by atoms with Gasteiger partial charge in [-0.2, -0.15) is 5.26 Å². The van der Waals surface area contributed by atoms with E-state index in [4.69, 9.17) is 38.0 Å². The van der Waals surface area contributed by atoms with Crippen LogP contribution in [0.5, 0.6) is 5.75 Å². The Morgan fingerprint density at radius 3 is 2.48 bits per heavy atom. The van der Waals surface area contributed by atoms with Crippen LogP contribution in [0.2, 0.25) is 10.0 Å². The van der Waals surface area contributed by atoms with Crippen molar-refractivity contribution in [2.75, 3.05) is 0 Å². The zero-order valence-corrected chi connectivity index (χ0v) is 16.6. The first kappa shape index (κ1) is 20.7. The molecule has 0 saturated carbocycles. The van der Waals surface area contributed by atoms with Gasteiger partial charge in [-0.15, -0.1) is 0 Å². The van der Waals surface area contributed by atoms with Crippen LogP contribution in [-0.4, -0.2) is 6.21 Å². The lowest BCUT2D eigenvalue weighted by Crippen LogP contribution is -1.98. The number of halogens is 3. The van der Waals surface area contributed by atoms with Crippen molar-refractivity contribution in [2.45, 2.75) is 13.2 Å². The summed E-state index contributed by atoms with van der Waals surface area (Å²) in [6.07, 6.45) is 1.46. The molecule has 0 aliphatic rings. The molecule has 0 unspecified atom stereocenters. The summed E-state index contributed by atoms with van der Waals surface area (Å²) in [5.74, 6) is -0.0362. The Hall–Kier alpha value is -3.07. The van der Waals surface area contributed by atoms with Crippen LogP contribution in [0, 0.1) is 17.1 Å². The molecule has 3 aromatic carbocycles. The van der Waals surface area contributed by atoms with Crippen molar-refractivity contribution in [1.82, 2.24) is 0 Å². The lowest BCUT2D eigenvalue weighted by atomic mass is 10.1. The number of ether oxygens (including phenoxy) is 1. The van der Waals surface area contributed by atoms with E-state index in [0.717, 1.165) is 5.56 Å². The topological polar surface area (TPSA) is 54.6 Å². The minimum absolute atomic E-state index is 0.131. The van der Waals surface area contributed by atoms with Crippen LogP contribution in [0.1, 0.15) is 22.3 Å². The highest BCUT2D eigenvalue weighted by atomic mass is 35.5. The molecule has 0 saturated heterocycles. The SMILES string of the molecule is N#Cc1ccccc1CO/N=C\c1cc(Cl)c(OCc2cccc(F)c2)c(Cl)c1. The smallest absolute Gasteiger partial charge is 0.157 e. The average Bonchev–Trinajstić information content (AvgIpc) is 2.71. The molecular weight excluding hydrogens is 414 g/mol. The van der Waals surface area contributed by atoms with Gasteiger partial charge in [0, 0.05) is 5.56 Å². The Balaban J connectivity index is 1.62. The molecule has 3 rings (SSSR count). The number of hydrogen-bond acceptors (Lipinski definition) is 4. The molecule has 0 bridgehead atoms. The van der Waals surface area contributed by atoms with Crippen molar-refractivity contribution in [3.8, 4) is 11.8 Å². The van der Waals surface area contributed by atoms with E-state index in [2.05, 4.69) is 11.2 Å². The summed E-state index contributed by atoms with van der Waals surface area (Å²) in [7, 11) is 0. The first-order valence-corrected chi connectivity index (χ1v) is 9.32. The fourth-order valence-corrected chi connectivity index (χ4v) is 3.15. The minimum Gasteiger partial charge on any atom is -0.486 e. The fourth-order valence-electron chi connectivity index (χ4n) is 2.53. The zero-order valence-electron chi connectivity index (χ0n) is 15.1. The molecular formula is C22H15Cl2FN2O2. The number of hydrogen-bond donors (Lipinski definition) is 0. The second-order valence-electron chi connectivity index (χ2n) is 6.01. The molecule has 0 fully saturated rings. The molecule has 7 heteroatoms. The Morgan fingerprint density at radius 2 is 1.76 bits per heavy atom. The van der Waals surface area contributed by atoms with Gasteiger partial charge in [0.1, 0.15) is 19.0 Å². The highest BCUT2D eigenvalue weighted by molar-refractivity contribution is 6.37. The predicted octanol–water partition coefficient (Wildman–Crippen LogP) is 6.13. The molecule has 0 spiro atoms. The Morgan fingerprint density at radius 1 is 1.00 bits per heavy atom. The zero-order chi connectivity index (χ0) is 20.6. The van der Waals surface area contributed by atoms with Gasteiger partial charge in [0.15, 0.2) is 5.75 Å². The molecule has 0 aliphatic carbocycles. The van der Waals surface area contributed by atoms with E-state index < -0.39 is 0 Å². The summed E-state index contributed by atoms with van der Waals surface area (Å²) < 4.78 is 18.9. The van der Waals surface area contributed by atoms with Gasteiger partial charge in [-0.3, -0.25) is 0 Å². The molecule has 3 aromatic rings. The monoisotopic (exact) mass is 428 g/mol. The summed E-state index contributed by atoms with van der Waals surface area (Å²) in [5, 5.41) is 13.6. The van der Waals surface area contributed by atoms with Gasteiger partial charge in [-0.05, 0) is 41.5 Å². The summed E-state index contributed by atoms with van der Waals surface area (Å²) in [6, 6.07) is 18.6. The molecule has 0 amide bonds. The highest BCUT2D eigenvalue weighted by Crippen LogP contribution is 2.34. The van der Waals surface area contributed by atoms with Crippen molar-refractivity contribution >= 4 is 29.4 Å². The maximum atomic E-state index is 13.3. The van der Waals surface area contributed by atoms with Gasteiger partial charge >= 0.3 is 0 Å². The van der Waals surface area contributed by atoms with Crippen molar-refractivity contribution in [2.24, 2.45) is 5.16 Å². The van der Waals surface area contributed by atoms with Crippen LogP contribution < -0.4 is 4.74 Å². The molecule has 0 heterocycles. The van der Waals surface area contributed by atoms with E-state index in [-0.39, 0.29) is 19.0 Å². The van der Waals surface area contributed by atoms with E-state index in [9.17, 15) is 4.39 Å². The van der Waals surface area contributed by atoms with E-state index >= 15 is 0 Å². The minimum atomic E-state index is -0.341. The molecule has 146 valence electrons.